The van der Waals surface area contributed by atoms with Gasteiger partial charge in [0.25, 0.3) is 0 Å². The summed E-state index contributed by atoms with van der Waals surface area (Å²) in [5, 5.41) is 0. The summed E-state index contributed by atoms with van der Waals surface area (Å²) < 4.78 is 22.4. The highest BCUT2D eigenvalue weighted by atomic mass is 16.6. The summed E-state index contributed by atoms with van der Waals surface area (Å²) in [7, 11) is 0. The third-order valence-electron chi connectivity index (χ3n) is 5.89. The minimum absolute atomic E-state index is 0.129. The molecule has 0 unspecified atom stereocenters. The maximum atomic E-state index is 12.7. The summed E-state index contributed by atoms with van der Waals surface area (Å²) in [6.45, 7) is 9.07. The largest absolute Gasteiger partial charge is 0.494 e. The molecule has 0 N–H and O–H groups in total. The van der Waals surface area contributed by atoms with E-state index in [0.717, 1.165) is 42.2 Å². The third kappa shape index (κ3) is 6.08. The number of urea groups is 1. The van der Waals surface area contributed by atoms with Crippen LogP contribution in [0.15, 0.2) is 29.8 Å². The molecule has 1 aromatic rings. The van der Waals surface area contributed by atoms with Gasteiger partial charge in [0.2, 0.25) is 0 Å². The number of ether oxygens (including phenoxy) is 4. The molecular weight excluding hydrogens is 396 g/mol. The third-order valence-corrected chi connectivity index (χ3v) is 5.89. The highest BCUT2D eigenvalue weighted by Gasteiger charge is 2.25. The minimum Gasteiger partial charge on any atom is -0.494 e. The first kappa shape index (κ1) is 21.8. The minimum atomic E-state index is -0.366. The molecule has 168 valence electrons. The number of nitrogens with zero attached hydrogens (tertiary/aromatic N) is 2. The molecule has 3 aliphatic rings. The van der Waals surface area contributed by atoms with Gasteiger partial charge in [-0.1, -0.05) is 19.4 Å². The molecule has 1 atom stereocenters. The Morgan fingerprint density at radius 3 is 2.97 bits per heavy atom. The molecule has 1 aromatic carbocycles. The molecule has 1 aliphatic carbocycles. The second-order valence-electron chi connectivity index (χ2n) is 8.39. The van der Waals surface area contributed by atoms with Crippen LogP contribution in [0, 0.1) is 5.92 Å². The van der Waals surface area contributed by atoms with E-state index in [0.29, 0.717) is 44.6 Å². The van der Waals surface area contributed by atoms with Crippen LogP contribution in [0.4, 0.5) is 4.79 Å². The summed E-state index contributed by atoms with van der Waals surface area (Å²) in [4.78, 5) is 18.4. The Balaban J connectivity index is 1.29. The van der Waals surface area contributed by atoms with Gasteiger partial charge in [-0.05, 0) is 48.9 Å². The van der Waals surface area contributed by atoms with Crippen molar-refractivity contribution in [3.05, 3.63) is 35.9 Å². The van der Waals surface area contributed by atoms with E-state index in [-0.39, 0.29) is 12.1 Å². The van der Waals surface area contributed by atoms with E-state index in [1.54, 1.807) is 11.8 Å². The lowest BCUT2D eigenvalue weighted by Crippen LogP contribution is -2.34. The monoisotopic (exact) mass is 428 g/mol. The van der Waals surface area contributed by atoms with Crippen molar-refractivity contribution in [2.24, 2.45) is 10.9 Å². The Kier molecular flexibility index (Phi) is 7.25. The molecule has 0 bridgehead atoms. The van der Waals surface area contributed by atoms with Gasteiger partial charge in [-0.3, -0.25) is 4.90 Å². The van der Waals surface area contributed by atoms with Gasteiger partial charge < -0.3 is 18.9 Å². The van der Waals surface area contributed by atoms with E-state index >= 15 is 0 Å². The van der Waals surface area contributed by atoms with Crippen molar-refractivity contribution >= 4 is 17.6 Å². The maximum Gasteiger partial charge on any atom is 0.351 e. The number of hydrogen-bond donors (Lipinski definition) is 0. The first-order valence-electron chi connectivity index (χ1n) is 11.2. The highest BCUT2D eigenvalue weighted by molar-refractivity contribution is 5.94. The zero-order chi connectivity index (χ0) is 21.6. The summed E-state index contributed by atoms with van der Waals surface area (Å²) in [5.74, 6) is 2.14. The first-order valence-corrected chi connectivity index (χ1v) is 11.2. The van der Waals surface area contributed by atoms with Gasteiger partial charge in [-0.15, -0.1) is 0 Å². The second-order valence-corrected chi connectivity index (χ2v) is 8.39. The van der Waals surface area contributed by atoms with Crippen LogP contribution in [0.3, 0.4) is 0 Å². The fourth-order valence-electron chi connectivity index (χ4n) is 3.91. The molecular formula is C24H32N2O5. The number of aliphatic imine (C=N–C) groups is 1. The smallest absolute Gasteiger partial charge is 0.351 e. The topological polar surface area (TPSA) is 69.6 Å². The normalized spacial score (nSPS) is 21.6. The Morgan fingerprint density at radius 2 is 2.19 bits per heavy atom. The van der Waals surface area contributed by atoms with Crippen LogP contribution in [-0.4, -0.2) is 62.5 Å². The molecule has 7 nitrogen and oxygen atoms in total. The van der Waals surface area contributed by atoms with Gasteiger partial charge in [0, 0.05) is 24.7 Å². The van der Waals surface area contributed by atoms with Gasteiger partial charge in [0.15, 0.2) is 5.90 Å². The molecule has 2 amide bonds. The van der Waals surface area contributed by atoms with Gasteiger partial charge in [0.1, 0.15) is 18.5 Å². The van der Waals surface area contributed by atoms with Crippen molar-refractivity contribution in [2.45, 2.75) is 45.1 Å². The van der Waals surface area contributed by atoms with Gasteiger partial charge in [0.05, 0.1) is 26.4 Å². The quantitative estimate of drug-likeness (QED) is 0.372. The Hall–Kier alpha value is -2.38. The molecule has 0 spiro atoms. The molecule has 4 rings (SSSR count). The van der Waals surface area contributed by atoms with E-state index < -0.39 is 0 Å². The van der Waals surface area contributed by atoms with Gasteiger partial charge >= 0.3 is 6.03 Å². The van der Waals surface area contributed by atoms with E-state index in [1.165, 1.54) is 19.3 Å². The van der Waals surface area contributed by atoms with Crippen molar-refractivity contribution < 1.29 is 23.7 Å². The predicted octanol–water partition coefficient (Wildman–Crippen LogP) is 4.05. The zero-order valence-corrected chi connectivity index (χ0v) is 18.3. The predicted molar refractivity (Wildman–Crippen MR) is 118 cm³/mol. The fraction of sp³-hybridized carbons (Fsp3) is 0.583. The van der Waals surface area contributed by atoms with E-state index in [1.807, 2.05) is 12.1 Å². The maximum absolute atomic E-state index is 12.7. The van der Waals surface area contributed by atoms with Crippen molar-refractivity contribution in [1.29, 1.82) is 0 Å². The molecule has 2 aliphatic heterocycles. The fourth-order valence-corrected chi connectivity index (χ4v) is 3.91. The molecule has 7 heteroatoms. The number of amides is 2. The molecule has 0 aromatic heterocycles. The average molecular weight is 429 g/mol. The zero-order valence-electron chi connectivity index (χ0n) is 18.3. The molecule has 2 heterocycles. The standard InChI is InChI=1S/C24H32N2O5/c1-17-23-8-7-21(29-11-3-4-19-5-6-19)14-20(23)9-10-26(17)24(27)25-18(2)31-16-22-15-28-12-13-30-22/h7-8,14,19,22H,1,3-6,9-13,15-16H2,2H3/t22-/m1/s1. The molecule has 1 saturated heterocycles. The Labute approximate surface area is 184 Å². The average Bonchev–Trinajstić information content (AvgIpc) is 3.60. The van der Waals surface area contributed by atoms with Crippen LogP contribution < -0.4 is 4.74 Å². The van der Waals surface area contributed by atoms with Gasteiger partial charge in [-0.2, -0.15) is 4.99 Å². The molecule has 1 saturated carbocycles. The van der Waals surface area contributed by atoms with Crippen molar-refractivity contribution in [1.82, 2.24) is 4.90 Å². The number of rotatable bonds is 7. The number of carbonyl (C=O) groups is 1. The first-order chi connectivity index (χ1) is 15.1. The van der Waals surface area contributed by atoms with Crippen molar-refractivity contribution in [3.63, 3.8) is 0 Å². The van der Waals surface area contributed by atoms with Crippen LogP contribution in [-0.2, 0) is 20.6 Å². The van der Waals surface area contributed by atoms with Crippen LogP contribution in [0.1, 0.15) is 43.7 Å². The van der Waals surface area contributed by atoms with Crippen molar-refractivity contribution in [2.75, 3.05) is 39.6 Å². The number of benzene rings is 1. The highest BCUT2D eigenvalue weighted by Crippen LogP contribution is 2.34. The number of fused-ring (bicyclic) bond motifs is 1. The lowest BCUT2D eigenvalue weighted by molar-refractivity contribution is -0.103. The van der Waals surface area contributed by atoms with Crippen LogP contribution >= 0.6 is 0 Å². The van der Waals surface area contributed by atoms with E-state index in [2.05, 4.69) is 17.6 Å². The molecule has 0 radical (unpaired) electrons. The Bertz CT molecular complexity index is 827. The number of carbonyl (C=O) groups excluding carboxylic acids is 1. The summed E-state index contributed by atoms with van der Waals surface area (Å²) in [6, 6.07) is 5.65. The second kappa shape index (κ2) is 10.3. The van der Waals surface area contributed by atoms with Crippen LogP contribution in [0.25, 0.3) is 5.70 Å². The molecule has 2 fully saturated rings. The van der Waals surface area contributed by atoms with E-state index in [4.69, 9.17) is 18.9 Å². The number of hydrogen-bond acceptors (Lipinski definition) is 5. The van der Waals surface area contributed by atoms with E-state index in [9.17, 15) is 4.79 Å². The summed E-state index contributed by atoms with van der Waals surface area (Å²) in [6.07, 6.45) is 5.75. The molecule has 31 heavy (non-hydrogen) atoms. The summed E-state index contributed by atoms with van der Waals surface area (Å²) >= 11 is 0. The van der Waals surface area contributed by atoms with Gasteiger partial charge in [-0.25, -0.2) is 4.79 Å². The lowest BCUT2D eigenvalue weighted by atomic mass is 9.97. The Morgan fingerprint density at radius 1 is 1.32 bits per heavy atom. The lowest BCUT2D eigenvalue weighted by Gasteiger charge is -2.30. The van der Waals surface area contributed by atoms with Crippen LogP contribution in [0.5, 0.6) is 5.75 Å². The SMILES string of the molecule is C=C1c2ccc(OCCCC3CC3)cc2CCN1C(=O)N=C(C)OC[C@H]1COCCO1. The van der Waals surface area contributed by atoms with Crippen molar-refractivity contribution in [3.8, 4) is 5.75 Å². The van der Waals surface area contributed by atoms with Crippen LogP contribution in [0.2, 0.25) is 0 Å². The summed E-state index contributed by atoms with van der Waals surface area (Å²) in [5.41, 5.74) is 2.78.